The van der Waals surface area contributed by atoms with Crippen molar-refractivity contribution >= 4 is 5.91 Å². The summed E-state index contributed by atoms with van der Waals surface area (Å²) in [6, 6.07) is 11.2. The first kappa shape index (κ1) is 14.2. The van der Waals surface area contributed by atoms with Crippen LogP contribution in [0.5, 0.6) is 0 Å². The lowest BCUT2D eigenvalue weighted by atomic mass is 10.00. The maximum atomic E-state index is 11.7. The molecule has 1 aromatic carbocycles. The molecule has 0 aliphatic rings. The molecule has 0 spiro atoms. The van der Waals surface area contributed by atoms with Crippen LogP contribution in [-0.4, -0.2) is 35.4 Å². The van der Waals surface area contributed by atoms with Crippen molar-refractivity contribution in [3.63, 3.8) is 0 Å². The van der Waals surface area contributed by atoms with Gasteiger partial charge in [0.1, 0.15) is 5.92 Å². The van der Waals surface area contributed by atoms with Crippen molar-refractivity contribution < 1.29 is 15.0 Å². The number of nitriles is 1. The number of nitrogens with one attached hydrogen (secondary N) is 1. The van der Waals surface area contributed by atoms with E-state index < -0.39 is 24.5 Å². The molecule has 0 aromatic heterocycles. The second-order valence-corrected chi connectivity index (χ2v) is 3.95. The zero-order valence-electron chi connectivity index (χ0n) is 9.91. The Morgan fingerprint density at radius 3 is 2.61 bits per heavy atom. The molecule has 1 aromatic rings. The van der Waals surface area contributed by atoms with E-state index in [1.165, 1.54) is 0 Å². The fourth-order valence-electron chi connectivity index (χ4n) is 1.45. The van der Waals surface area contributed by atoms with Crippen LogP contribution in [0.15, 0.2) is 30.3 Å². The maximum absolute atomic E-state index is 11.7. The van der Waals surface area contributed by atoms with Crippen LogP contribution < -0.4 is 5.32 Å². The van der Waals surface area contributed by atoms with Gasteiger partial charge in [-0.3, -0.25) is 4.79 Å². The van der Waals surface area contributed by atoms with Gasteiger partial charge in [0.2, 0.25) is 5.91 Å². The molecular formula is C13H16N2O3. The third-order valence-electron chi connectivity index (χ3n) is 2.48. The lowest BCUT2D eigenvalue weighted by Crippen LogP contribution is -2.37. The number of benzene rings is 1. The van der Waals surface area contributed by atoms with Crippen LogP contribution in [0.3, 0.4) is 0 Å². The highest BCUT2D eigenvalue weighted by molar-refractivity contribution is 5.81. The molecule has 5 heteroatoms. The lowest BCUT2D eigenvalue weighted by molar-refractivity contribution is -0.123. The highest BCUT2D eigenvalue weighted by Gasteiger charge is 2.18. The van der Waals surface area contributed by atoms with Gasteiger partial charge >= 0.3 is 0 Å². The largest absolute Gasteiger partial charge is 0.394 e. The van der Waals surface area contributed by atoms with Crippen LogP contribution in [0.1, 0.15) is 5.56 Å². The lowest BCUT2D eigenvalue weighted by Gasteiger charge is -2.12. The van der Waals surface area contributed by atoms with Gasteiger partial charge in [-0.05, 0) is 12.0 Å². The van der Waals surface area contributed by atoms with Crippen LogP contribution in [0, 0.1) is 17.2 Å². The fourth-order valence-corrected chi connectivity index (χ4v) is 1.45. The summed E-state index contributed by atoms with van der Waals surface area (Å²) in [6.07, 6.45) is -0.664. The van der Waals surface area contributed by atoms with E-state index in [-0.39, 0.29) is 6.54 Å². The van der Waals surface area contributed by atoms with Crippen LogP contribution in [0.4, 0.5) is 0 Å². The molecule has 5 nitrogen and oxygen atoms in total. The van der Waals surface area contributed by atoms with E-state index in [0.29, 0.717) is 6.42 Å². The first-order valence-corrected chi connectivity index (χ1v) is 5.67. The van der Waals surface area contributed by atoms with Gasteiger partial charge in [-0.15, -0.1) is 0 Å². The van der Waals surface area contributed by atoms with E-state index in [2.05, 4.69) is 5.32 Å². The number of rotatable bonds is 6. The second kappa shape index (κ2) is 7.43. The predicted octanol–water partition coefficient (Wildman–Crippen LogP) is -0.162. The highest BCUT2D eigenvalue weighted by atomic mass is 16.3. The third kappa shape index (κ3) is 4.53. The molecule has 1 amide bonds. The molecule has 0 saturated heterocycles. The first-order chi connectivity index (χ1) is 8.67. The van der Waals surface area contributed by atoms with Gasteiger partial charge in [0.05, 0.1) is 18.8 Å². The summed E-state index contributed by atoms with van der Waals surface area (Å²) in [5, 5.41) is 29.1. The molecule has 0 radical (unpaired) electrons. The Kier molecular flexibility index (Phi) is 5.85. The monoisotopic (exact) mass is 248 g/mol. The highest BCUT2D eigenvalue weighted by Crippen LogP contribution is 2.08. The Bertz CT molecular complexity index is 414. The quantitative estimate of drug-likeness (QED) is 0.652. The van der Waals surface area contributed by atoms with E-state index in [9.17, 15) is 4.79 Å². The molecule has 96 valence electrons. The molecule has 0 fully saturated rings. The fraction of sp³-hybridized carbons (Fsp3) is 0.385. The Morgan fingerprint density at radius 2 is 2.06 bits per heavy atom. The molecule has 2 unspecified atom stereocenters. The summed E-state index contributed by atoms with van der Waals surface area (Å²) in [7, 11) is 0. The van der Waals surface area contributed by atoms with Crippen LogP contribution in [-0.2, 0) is 11.2 Å². The van der Waals surface area contributed by atoms with E-state index in [1.807, 2.05) is 36.4 Å². The van der Waals surface area contributed by atoms with Gasteiger partial charge < -0.3 is 15.5 Å². The Hall–Kier alpha value is -1.90. The van der Waals surface area contributed by atoms with Crippen molar-refractivity contribution in [3.8, 4) is 6.07 Å². The van der Waals surface area contributed by atoms with Gasteiger partial charge in [-0.1, -0.05) is 30.3 Å². The average Bonchev–Trinajstić information content (AvgIpc) is 2.42. The standard InChI is InChI=1S/C13H16N2O3/c14-7-11(6-10-4-2-1-3-5-10)13(18)15-8-12(17)9-16/h1-5,11-12,16-17H,6,8-9H2,(H,15,18). The molecule has 0 heterocycles. The zero-order chi connectivity index (χ0) is 13.4. The Labute approximate surface area is 106 Å². The minimum absolute atomic E-state index is 0.0533. The minimum atomic E-state index is -0.995. The molecule has 18 heavy (non-hydrogen) atoms. The average molecular weight is 248 g/mol. The Balaban J connectivity index is 2.51. The van der Waals surface area contributed by atoms with Gasteiger partial charge in [0.15, 0.2) is 0 Å². The van der Waals surface area contributed by atoms with Gasteiger partial charge in [0.25, 0.3) is 0 Å². The van der Waals surface area contributed by atoms with E-state index in [4.69, 9.17) is 15.5 Å². The summed E-state index contributed by atoms with van der Waals surface area (Å²) in [5.74, 6) is -1.23. The summed E-state index contributed by atoms with van der Waals surface area (Å²) in [6.45, 7) is -0.474. The maximum Gasteiger partial charge on any atom is 0.237 e. The predicted molar refractivity (Wildman–Crippen MR) is 65.4 cm³/mol. The van der Waals surface area contributed by atoms with E-state index in [1.54, 1.807) is 0 Å². The molecule has 0 bridgehead atoms. The topological polar surface area (TPSA) is 93.4 Å². The van der Waals surface area contributed by atoms with Gasteiger partial charge in [0, 0.05) is 6.54 Å². The van der Waals surface area contributed by atoms with Crippen molar-refractivity contribution in [2.75, 3.05) is 13.2 Å². The van der Waals surface area contributed by atoms with Crippen LogP contribution in [0.2, 0.25) is 0 Å². The van der Waals surface area contributed by atoms with Crippen molar-refractivity contribution in [2.24, 2.45) is 5.92 Å². The van der Waals surface area contributed by atoms with Crippen molar-refractivity contribution in [2.45, 2.75) is 12.5 Å². The normalized spacial score (nSPS) is 13.4. The van der Waals surface area contributed by atoms with Crippen LogP contribution in [0.25, 0.3) is 0 Å². The molecule has 2 atom stereocenters. The van der Waals surface area contributed by atoms with E-state index in [0.717, 1.165) is 5.56 Å². The van der Waals surface area contributed by atoms with Crippen molar-refractivity contribution in [1.82, 2.24) is 5.32 Å². The zero-order valence-corrected chi connectivity index (χ0v) is 9.91. The van der Waals surface area contributed by atoms with Crippen molar-refractivity contribution in [1.29, 1.82) is 5.26 Å². The van der Waals surface area contributed by atoms with Crippen molar-refractivity contribution in [3.05, 3.63) is 35.9 Å². The first-order valence-electron chi connectivity index (χ1n) is 5.67. The number of carbonyl (C=O) groups excluding carboxylic acids is 1. The summed E-state index contributed by atoms with van der Waals surface area (Å²) in [4.78, 5) is 11.7. The SMILES string of the molecule is N#CC(Cc1ccccc1)C(=O)NCC(O)CO. The molecule has 3 N–H and O–H groups in total. The summed E-state index contributed by atoms with van der Waals surface area (Å²) < 4.78 is 0. The summed E-state index contributed by atoms with van der Waals surface area (Å²) >= 11 is 0. The van der Waals surface area contributed by atoms with E-state index >= 15 is 0 Å². The molecule has 1 rings (SSSR count). The van der Waals surface area contributed by atoms with Gasteiger partial charge in [-0.2, -0.15) is 5.26 Å². The molecular weight excluding hydrogens is 232 g/mol. The molecule has 0 aliphatic heterocycles. The molecule has 0 aliphatic carbocycles. The second-order valence-electron chi connectivity index (χ2n) is 3.95. The molecule has 0 saturated carbocycles. The minimum Gasteiger partial charge on any atom is -0.394 e. The number of carbonyl (C=O) groups is 1. The van der Waals surface area contributed by atoms with Crippen LogP contribution >= 0.6 is 0 Å². The Morgan fingerprint density at radius 1 is 1.39 bits per heavy atom. The smallest absolute Gasteiger partial charge is 0.237 e. The number of amides is 1. The number of aliphatic hydroxyl groups excluding tert-OH is 2. The number of hydrogen-bond acceptors (Lipinski definition) is 4. The summed E-state index contributed by atoms with van der Waals surface area (Å²) in [5.41, 5.74) is 0.905. The number of hydrogen-bond donors (Lipinski definition) is 3. The number of nitrogens with zero attached hydrogens (tertiary/aromatic N) is 1. The number of aliphatic hydroxyl groups is 2. The third-order valence-corrected chi connectivity index (χ3v) is 2.48. The van der Waals surface area contributed by atoms with Gasteiger partial charge in [-0.25, -0.2) is 0 Å².